The third-order valence-corrected chi connectivity index (χ3v) is 4.25. The van der Waals surface area contributed by atoms with Gasteiger partial charge in [-0.1, -0.05) is 48.5 Å². The van der Waals surface area contributed by atoms with Crippen LogP contribution in [-0.2, 0) is 6.54 Å². The molecule has 0 heterocycles. The molecule has 0 saturated carbocycles. The van der Waals surface area contributed by atoms with Crippen molar-refractivity contribution in [3.05, 3.63) is 83.4 Å². The third-order valence-electron chi connectivity index (χ3n) is 4.25. The van der Waals surface area contributed by atoms with Gasteiger partial charge in [0.2, 0.25) is 0 Å². The second kappa shape index (κ2) is 8.04. The van der Waals surface area contributed by atoms with Gasteiger partial charge >= 0.3 is 0 Å². The van der Waals surface area contributed by atoms with Crippen molar-refractivity contribution >= 4 is 17.3 Å². The molecule has 27 heavy (non-hydrogen) atoms. The van der Waals surface area contributed by atoms with E-state index in [1.165, 1.54) is 0 Å². The monoisotopic (exact) mass is 357 g/mol. The first kappa shape index (κ1) is 18.0. The molecular formula is C21H19N5O. The van der Waals surface area contributed by atoms with Gasteiger partial charge in [0, 0.05) is 6.54 Å². The number of nitrogens with two attached hydrogens (primary N) is 2. The van der Waals surface area contributed by atoms with Crippen LogP contribution in [0.2, 0.25) is 0 Å². The number of hydrogen-bond donors (Lipinski definition) is 4. The van der Waals surface area contributed by atoms with Gasteiger partial charge in [-0.2, -0.15) is 5.26 Å². The highest BCUT2D eigenvalue weighted by molar-refractivity contribution is 6.01. The Kier molecular flexibility index (Phi) is 5.36. The number of hydrogen-bond acceptors (Lipinski definition) is 5. The number of rotatable bonds is 5. The van der Waals surface area contributed by atoms with E-state index in [4.69, 9.17) is 11.6 Å². The van der Waals surface area contributed by atoms with Crippen LogP contribution >= 0.6 is 0 Å². The molecule has 0 atom stereocenters. The van der Waals surface area contributed by atoms with Crippen molar-refractivity contribution in [3.63, 3.8) is 0 Å². The molecule has 0 spiro atoms. The second-order valence-corrected chi connectivity index (χ2v) is 5.95. The highest BCUT2D eigenvalue weighted by atomic mass is 16.2. The molecule has 0 aliphatic carbocycles. The van der Waals surface area contributed by atoms with Crippen LogP contribution in [0.25, 0.3) is 11.1 Å². The Balaban J connectivity index is 1.79. The molecule has 0 saturated heterocycles. The molecule has 3 rings (SSSR count). The van der Waals surface area contributed by atoms with Gasteiger partial charge in [0.15, 0.2) is 0 Å². The predicted molar refractivity (Wildman–Crippen MR) is 106 cm³/mol. The van der Waals surface area contributed by atoms with Crippen molar-refractivity contribution in [2.45, 2.75) is 6.54 Å². The number of hydrazine groups is 1. The molecular weight excluding hydrogens is 338 g/mol. The molecule has 1 amide bonds. The quantitative estimate of drug-likeness (QED) is 0.242. The Morgan fingerprint density at radius 1 is 1.00 bits per heavy atom. The van der Waals surface area contributed by atoms with Gasteiger partial charge in [0.25, 0.3) is 5.91 Å². The summed E-state index contributed by atoms with van der Waals surface area (Å²) in [4.78, 5) is 11.9. The fraction of sp³-hybridized carbons (Fsp3) is 0.0476. The average Bonchev–Trinajstić information content (AvgIpc) is 2.72. The molecule has 0 radical (unpaired) electrons. The lowest BCUT2D eigenvalue weighted by molar-refractivity contribution is 0.0954. The zero-order chi connectivity index (χ0) is 19.2. The number of nitrogens with one attached hydrogen (secondary N) is 2. The van der Waals surface area contributed by atoms with Crippen LogP contribution in [0.4, 0.5) is 11.4 Å². The normalized spacial score (nSPS) is 10.1. The molecule has 6 nitrogen and oxygen atoms in total. The minimum atomic E-state index is -0.409. The van der Waals surface area contributed by atoms with E-state index in [2.05, 4.69) is 16.8 Å². The Hall–Kier alpha value is -3.82. The van der Waals surface area contributed by atoms with Crippen LogP contribution in [0.3, 0.4) is 0 Å². The van der Waals surface area contributed by atoms with Crippen molar-refractivity contribution in [2.75, 3.05) is 11.1 Å². The van der Waals surface area contributed by atoms with E-state index in [0.717, 1.165) is 16.7 Å². The van der Waals surface area contributed by atoms with Crippen LogP contribution in [-0.4, -0.2) is 5.91 Å². The molecule has 6 heteroatoms. The highest BCUT2D eigenvalue weighted by Gasteiger charge is 2.12. The van der Waals surface area contributed by atoms with Gasteiger partial charge < -0.3 is 11.1 Å². The smallest absolute Gasteiger partial charge is 0.267 e. The van der Waals surface area contributed by atoms with Crippen molar-refractivity contribution in [1.29, 1.82) is 5.26 Å². The van der Waals surface area contributed by atoms with Crippen LogP contribution in [0.5, 0.6) is 0 Å². The second-order valence-electron chi connectivity index (χ2n) is 5.95. The summed E-state index contributed by atoms with van der Waals surface area (Å²) >= 11 is 0. The number of anilines is 2. The number of nitrogens with zero attached hydrogens (tertiary/aromatic N) is 1. The lowest BCUT2D eigenvalue weighted by Gasteiger charge is -2.14. The highest BCUT2D eigenvalue weighted by Crippen LogP contribution is 2.26. The zero-order valence-electron chi connectivity index (χ0n) is 14.6. The Bertz CT molecular complexity index is 1010. The summed E-state index contributed by atoms with van der Waals surface area (Å²) in [6.07, 6.45) is 0. The number of benzene rings is 3. The van der Waals surface area contributed by atoms with E-state index in [0.29, 0.717) is 29.0 Å². The third kappa shape index (κ3) is 3.89. The molecule has 0 aliphatic rings. The van der Waals surface area contributed by atoms with Gasteiger partial charge in [-0.3, -0.25) is 10.2 Å². The Labute approximate surface area is 157 Å². The maximum absolute atomic E-state index is 11.9. The molecule has 0 bridgehead atoms. The van der Waals surface area contributed by atoms with Crippen molar-refractivity contribution in [2.24, 2.45) is 5.84 Å². The largest absolute Gasteiger partial charge is 0.397 e. The van der Waals surface area contributed by atoms with E-state index >= 15 is 0 Å². The molecule has 0 aromatic heterocycles. The predicted octanol–water partition coefficient (Wildman–Crippen LogP) is 3.02. The summed E-state index contributed by atoms with van der Waals surface area (Å²) in [5.41, 5.74) is 13.0. The molecule has 3 aromatic carbocycles. The Morgan fingerprint density at radius 3 is 2.44 bits per heavy atom. The van der Waals surface area contributed by atoms with Crippen LogP contribution in [0.1, 0.15) is 21.5 Å². The minimum Gasteiger partial charge on any atom is -0.397 e. The summed E-state index contributed by atoms with van der Waals surface area (Å²) in [7, 11) is 0. The number of nitrogen functional groups attached to an aromatic ring is 2. The van der Waals surface area contributed by atoms with Gasteiger partial charge in [-0.05, 0) is 34.9 Å². The maximum Gasteiger partial charge on any atom is 0.267 e. The van der Waals surface area contributed by atoms with Gasteiger partial charge in [0.1, 0.15) is 0 Å². The van der Waals surface area contributed by atoms with Crippen molar-refractivity contribution < 1.29 is 4.79 Å². The zero-order valence-corrected chi connectivity index (χ0v) is 14.6. The van der Waals surface area contributed by atoms with Gasteiger partial charge in [-0.25, -0.2) is 5.84 Å². The van der Waals surface area contributed by atoms with Crippen LogP contribution in [0.15, 0.2) is 66.7 Å². The molecule has 0 aliphatic heterocycles. The summed E-state index contributed by atoms with van der Waals surface area (Å²) in [5.74, 6) is 4.83. The van der Waals surface area contributed by atoms with Crippen molar-refractivity contribution in [3.8, 4) is 17.2 Å². The molecule has 0 fully saturated rings. The topological polar surface area (TPSA) is 117 Å². The maximum atomic E-state index is 11.9. The van der Waals surface area contributed by atoms with E-state index in [9.17, 15) is 10.1 Å². The number of nitriles is 1. The first-order valence-corrected chi connectivity index (χ1v) is 8.35. The number of carbonyl (C=O) groups is 1. The fourth-order valence-corrected chi connectivity index (χ4v) is 2.86. The van der Waals surface area contributed by atoms with Gasteiger partial charge in [-0.15, -0.1) is 0 Å². The van der Waals surface area contributed by atoms with Crippen LogP contribution < -0.4 is 22.3 Å². The first-order chi connectivity index (χ1) is 13.1. The Morgan fingerprint density at radius 2 is 1.74 bits per heavy atom. The molecule has 0 unspecified atom stereocenters. The van der Waals surface area contributed by atoms with E-state index < -0.39 is 5.91 Å². The van der Waals surface area contributed by atoms with Gasteiger partial charge in [0.05, 0.1) is 28.6 Å². The molecule has 3 aromatic rings. The van der Waals surface area contributed by atoms with Crippen LogP contribution in [0, 0.1) is 11.3 Å². The summed E-state index contributed by atoms with van der Waals surface area (Å²) in [6.45, 7) is 0.485. The lowest BCUT2D eigenvalue weighted by atomic mass is 9.99. The van der Waals surface area contributed by atoms with Crippen molar-refractivity contribution in [1.82, 2.24) is 5.43 Å². The van der Waals surface area contributed by atoms with E-state index in [-0.39, 0.29) is 0 Å². The lowest BCUT2D eigenvalue weighted by Crippen LogP contribution is -2.30. The number of carbonyl (C=O) groups excluding carboxylic acids is 1. The average molecular weight is 357 g/mol. The minimum absolute atomic E-state index is 0.386. The van der Waals surface area contributed by atoms with E-state index in [1.807, 2.05) is 42.5 Å². The first-order valence-electron chi connectivity index (χ1n) is 8.35. The summed E-state index contributed by atoms with van der Waals surface area (Å²) in [6, 6.07) is 22.6. The fourth-order valence-electron chi connectivity index (χ4n) is 2.86. The standard InChI is InChI=1S/C21H19N5O/c22-12-16-4-1-2-5-17(16)15-10-8-14(9-11-15)13-25-20-18(21(27)26-24)6-3-7-19(20)23/h1-11,25H,13,23-24H2,(H,26,27). The molecule has 134 valence electrons. The SMILES string of the molecule is N#Cc1ccccc1-c1ccc(CNc2c(N)cccc2C(=O)NN)cc1. The molecule has 6 N–H and O–H groups in total. The number of amides is 1. The summed E-state index contributed by atoms with van der Waals surface area (Å²) < 4.78 is 0. The summed E-state index contributed by atoms with van der Waals surface area (Å²) in [5, 5.41) is 12.4. The number of para-hydroxylation sites is 1. The van der Waals surface area contributed by atoms with E-state index in [1.54, 1.807) is 24.3 Å².